The fourth-order valence-corrected chi connectivity index (χ4v) is 6.09. The van der Waals surface area contributed by atoms with Crippen molar-refractivity contribution >= 4 is 26.8 Å². The van der Waals surface area contributed by atoms with E-state index in [4.69, 9.17) is 4.74 Å². The number of carbonyl (C=O) groups excluding carboxylic acids is 1. The van der Waals surface area contributed by atoms with Gasteiger partial charge in [-0.3, -0.25) is 4.79 Å². The van der Waals surface area contributed by atoms with Crippen molar-refractivity contribution in [3.8, 4) is 0 Å². The van der Waals surface area contributed by atoms with Gasteiger partial charge in [-0.2, -0.15) is 0 Å². The van der Waals surface area contributed by atoms with Crippen LogP contribution in [0.5, 0.6) is 0 Å². The molecular formula is C21H20FN3O4S. The van der Waals surface area contributed by atoms with E-state index in [1.807, 2.05) is 28.8 Å². The molecule has 0 bridgehead atoms. The zero-order chi connectivity index (χ0) is 20.9. The number of ether oxygens (including phenoxy) is 1. The molecule has 2 saturated heterocycles. The molecule has 0 saturated carbocycles. The average Bonchev–Trinajstić information content (AvgIpc) is 3.10. The summed E-state index contributed by atoms with van der Waals surface area (Å²) in [7, 11) is -3.42. The number of para-hydroxylation sites is 2. The Hall–Kier alpha value is -2.78. The van der Waals surface area contributed by atoms with Gasteiger partial charge in [0.2, 0.25) is 0 Å². The number of halogens is 1. The van der Waals surface area contributed by atoms with Crippen molar-refractivity contribution in [2.24, 2.45) is 0 Å². The molecule has 2 fully saturated rings. The first kappa shape index (κ1) is 19.2. The largest absolute Gasteiger partial charge is 0.369 e. The van der Waals surface area contributed by atoms with Crippen LogP contribution >= 0.6 is 0 Å². The van der Waals surface area contributed by atoms with Gasteiger partial charge in [0.25, 0.3) is 5.91 Å². The summed E-state index contributed by atoms with van der Waals surface area (Å²) in [5, 5.41) is -0.664. The van der Waals surface area contributed by atoms with Crippen molar-refractivity contribution in [2.75, 3.05) is 25.4 Å². The first-order chi connectivity index (χ1) is 14.4. The van der Waals surface area contributed by atoms with Crippen LogP contribution in [0.15, 0.2) is 54.9 Å². The number of aromatic nitrogens is 2. The Kier molecular flexibility index (Phi) is 4.41. The average molecular weight is 429 g/mol. The molecule has 156 valence electrons. The molecule has 0 radical (unpaired) electrons. The van der Waals surface area contributed by atoms with Crippen LogP contribution in [0.1, 0.15) is 10.4 Å². The van der Waals surface area contributed by atoms with Crippen LogP contribution in [0.2, 0.25) is 0 Å². The minimum atomic E-state index is -3.42. The summed E-state index contributed by atoms with van der Waals surface area (Å²) in [5.74, 6) is -0.788. The van der Waals surface area contributed by atoms with Gasteiger partial charge in [-0.1, -0.05) is 12.1 Å². The quantitative estimate of drug-likeness (QED) is 0.635. The topological polar surface area (TPSA) is 81.5 Å². The zero-order valence-corrected chi connectivity index (χ0v) is 16.9. The molecule has 30 heavy (non-hydrogen) atoms. The molecule has 0 aliphatic carbocycles. The van der Waals surface area contributed by atoms with Gasteiger partial charge in [0, 0.05) is 12.1 Å². The van der Waals surface area contributed by atoms with Crippen LogP contribution in [0.4, 0.5) is 4.39 Å². The Bertz CT molecular complexity index is 1220. The summed E-state index contributed by atoms with van der Waals surface area (Å²) in [6.07, 6.45) is 1.65. The predicted molar refractivity (Wildman–Crippen MR) is 108 cm³/mol. The van der Waals surface area contributed by atoms with Gasteiger partial charge in [0.15, 0.2) is 9.84 Å². The SMILES string of the molecule is O=C(c1ccc(F)cc1)N1CC2(C1)CS(=O)(=O)[C@@H](Cn1cnc3ccccc31)CO2. The summed E-state index contributed by atoms with van der Waals surface area (Å²) in [5.41, 5.74) is 1.21. The maximum Gasteiger partial charge on any atom is 0.254 e. The van der Waals surface area contributed by atoms with Crippen molar-refractivity contribution < 1.29 is 22.3 Å². The number of fused-ring (bicyclic) bond motifs is 1. The third-order valence-electron chi connectivity index (χ3n) is 5.81. The van der Waals surface area contributed by atoms with Crippen molar-refractivity contribution in [3.05, 3.63) is 66.2 Å². The number of hydrogen-bond acceptors (Lipinski definition) is 5. The monoisotopic (exact) mass is 429 g/mol. The lowest BCUT2D eigenvalue weighted by Gasteiger charge is -2.52. The van der Waals surface area contributed by atoms with Crippen molar-refractivity contribution in [2.45, 2.75) is 17.4 Å². The molecule has 1 atom stereocenters. The normalized spacial score (nSPS) is 22.2. The molecule has 0 N–H and O–H groups in total. The third kappa shape index (κ3) is 3.27. The Balaban J connectivity index is 1.26. The number of rotatable bonds is 3. The fourth-order valence-electron chi connectivity index (χ4n) is 4.19. The number of likely N-dealkylation sites (tertiary alicyclic amines) is 1. The van der Waals surface area contributed by atoms with Gasteiger partial charge >= 0.3 is 0 Å². The maximum absolute atomic E-state index is 13.1. The molecule has 7 nitrogen and oxygen atoms in total. The zero-order valence-electron chi connectivity index (χ0n) is 16.1. The Labute approximate surface area is 173 Å². The van der Waals surface area contributed by atoms with E-state index >= 15 is 0 Å². The summed E-state index contributed by atoms with van der Waals surface area (Å²) in [6, 6.07) is 12.9. The second kappa shape index (κ2) is 6.88. The van der Waals surface area contributed by atoms with E-state index in [1.165, 1.54) is 29.2 Å². The summed E-state index contributed by atoms with van der Waals surface area (Å²) in [4.78, 5) is 18.4. The van der Waals surface area contributed by atoms with Gasteiger partial charge in [-0.05, 0) is 36.4 Å². The minimum Gasteiger partial charge on any atom is -0.369 e. The van der Waals surface area contributed by atoms with Crippen LogP contribution in [0, 0.1) is 5.82 Å². The third-order valence-corrected chi connectivity index (χ3v) is 8.04. The first-order valence-electron chi connectivity index (χ1n) is 9.66. The molecule has 3 aromatic rings. The van der Waals surface area contributed by atoms with E-state index < -0.39 is 26.5 Å². The molecule has 2 aliphatic heterocycles. The molecule has 1 spiro atoms. The van der Waals surface area contributed by atoms with Gasteiger partial charge in [-0.15, -0.1) is 0 Å². The lowest BCUT2D eigenvalue weighted by Crippen LogP contribution is -2.70. The van der Waals surface area contributed by atoms with Crippen molar-refractivity contribution in [3.63, 3.8) is 0 Å². The van der Waals surface area contributed by atoms with Crippen LogP contribution in [-0.4, -0.2) is 65.1 Å². The highest BCUT2D eigenvalue weighted by atomic mass is 32.2. The molecular weight excluding hydrogens is 409 g/mol. The standard InChI is InChI=1S/C21H20FN3O4S/c22-16-7-5-15(6-8-16)20(26)25-11-21(12-25)13-30(27,28)17(10-29-21)9-24-14-23-18-3-1-2-4-19(18)24/h1-8,14,17H,9-13H2/t17-/m0/s1. The Morgan fingerprint density at radius 1 is 1.17 bits per heavy atom. The van der Waals surface area contributed by atoms with E-state index in [1.54, 1.807) is 6.33 Å². The molecule has 9 heteroatoms. The van der Waals surface area contributed by atoms with Crippen LogP contribution in [0.3, 0.4) is 0 Å². The van der Waals surface area contributed by atoms with Gasteiger partial charge in [0.1, 0.15) is 16.7 Å². The predicted octanol–water partition coefficient (Wildman–Crippen LogP) is 1.88. The molecule has 5 rings (SSSR count). The smallest absolute Gasteiger partial charge is 0.254 e. The summed E-state index contributed by atoms with van der Waals surface area (Å²) in [6.45, 7) is 0.775. The molecule has 0 unspecified atom stereocenters. The highest BCUT2D eigenvalue weighted by Gasteiger charge is 2.53. The number of nitrogens with zero attached hydrogens (tertiary/aromatic N) is 3. The highest BCUT2D eigenvalue weighted by Crippen LogP contribution is 2.34. The summed E-state index contributed by atoms with van der Waals surface area (Å²) < 4.78 is 46.8. The lowest BCUT2D eigenvalue weighted by molar-refractivity contribution is -0.121. The first-order valence-corrected chi connectivity index (χ1v) is 11.4. The van der Waals surface area contributed by atoms with Gasteiger partial charge in [0.05, 0.1) is 42.8 Å². The minimum absolute atomic E-state index is 0.0768. The number of sulfone groups is 1. The second-order valence-corrected chi connectivity index (χ2v) is 10.3. The molecule has 2 aliphatic rings. The van der Waals surface area contributed by atoms with Gasteiger partial charge in [-0.25, -0.2) is 17.8 Å². The molecule has 2 aromatic carbocycles. The van der Waals surface area contributed by atoms with E-state index in [0.29, 0.717) is 5.56 Å². The van der Waals surface area contributed by atoms with E-state index in [9.17, 15) is 17.6 Å². The Morgan fingerprint density at radius 3 is 2.63 bits per heavy atom. The number of carbonyl (C=O) groups is 1. The second-order valence-electron chi connectivity index (χ2n) is 7.98. The highest BCUT2D eigenvalue weighted by molar-refractivity contribution is 7.92. The molecule has 3 heterocycles. The number of amides is 1. The van der Waals surface area contributed by atoms with Crippen molar-refractivity contribution in [1.82, 2.24) is 14.5 Å². The summed E-state index contributed by atoms with van der Waals surface area (Å²) >= 11 is 0. The van der Waals surface area contributed by atoms with E-state index in [-0.39, 0.29) is 37.9 Å². The van der Waals surface area contributed by atoms with Crippen LogP contribution in [-0.2, 0) is 21.1 Å². The van der Waals surface area contributed by atoms with Crippen LogP contribution in [0.25, 0.3) is 11.0 Å². The van der Waals surface area contributed by atoms with Crippen LogP contribution < -0.4 is 0 Å². The number of benzene rings is 2. The Morgan fingerprint density at radius 2 is 1.90 bits per heavy atom. The maximum atomic E-state index is 13.1. The molecule has 1 amide bonds. The van der Waals surface area contributed by atoms with Crippen molar-refractivity contribution in [1.29, 1.82) is 0 Å². The fraction of sp³-hybridized carbons (Fsp3) is 0.333. The number of hydrogen-bond donors (Lipinski definition) is 0. The molecule has 1 aromatic heterocycles. The van der Waals surface area contributed by atoms with Gasteiger partial charge < -0.3 is 14.2 Å². The van der Waals surface area contributed by atoms with E-state index in [0.717, 1.165) is 11.0 Å². The lowest BCUT2D eigenvalue weighted by atomic mass is 9.94. The number of imidazole rings is 1. The van der Waals surface area contributed by atoms with E-state index in [2.05, 4.69) is 4.98 Å².